The maximum atomic E-state index is 13.2. The van der Waals surface area contributed by atoms with Gasteiger partial charge in [0.1, 0.15) is 5.52 Å². The molecule has 1 aromatic carbocycles. The maximum Gasteiger partial charge on any atom is 0.261 e. The molecule has 7 nitrogen and oxygen atoms in total. The first-order valence-corrected chi connectivity index (χ1v) is 9.72. The van der Waals surface area contributed by atoms with Gasteiger partial charge in [-0.2, -0.15) is 0 Å². The summed E-state index contributed by atoms with van der Waals surface area (Å²) in [6.45, 7) is 1.56. The van der Waals surface area contributed by atoms with Crippen LogP contribution in [0.5, 0.6) is 0 Å². The third-order valence-electron chi connectivity index (χ3n) is 5.01. The summed E-state index contributed by atoms with van der Waals surface area (Å²) in [6, 6.07) is 11.6. The fraction of sp³-hybridized carbons (Fsp3) is 0.182. The Bertz CT molecular complexity index is 1360. The molecule has 152 valence electrons. The van der Waals surface area contributed by atoms with Crippen molar-refractivity contribution in [3.8, 4) is 22.5 Å². The quantitative estimate of drug-likeness (QED) is 0.546. The second-order valence-corrected chi connectivity index (χ2v) is 7.55. The van der Waals surface area contributed by atoms with Gasteiger partial charge in [-0.3, -0.25) is 14.2 Å². The summed E-state index contributed by atoms with van der Waals surface area (Å²) in [7, 11) is 1.65. The van der Waals surface area contributed by atoms with Crippen LogP contribution in [-0.4, -0.2) is 30.8 Å². The highest BCUT2D eigenvalue weighted by Crippen LogP contribution is 2.29. The van der Waals surface area contributed by atoms with E-state index < -0.39 is 6.04 Å². The molecule has 0 aliphatic carbocycles. The zero-order valence-corrected chi connectivity index (χ0v) is 17.2. The van der Waals surface area contributed by atoms with Crippen molar-refractivity contribution in [2.75, 3.05) is 6.61 Å². The molecule has 0 saturated carbocycles. The molecule has 0 aliphatic rings. The summed E-state index contributed by atoms with van der Waals surface area (Å²) in [6.07, 6.45) is 3.08. The molecule has 1 N–H and O–H groups in total. The van der Waals surface area contributed by atoms with Gasteiger partial charge in [-0.15, -0.1) is 0 Å². The molecule has 1 atom stereocenters. The minimum atomic E-state index is -0.414. The van der Waals surface area contributed by atoms with Crippen LogP contribution in [0.3, 0.4) is 0 Å². The first kappa shape index (κ1) is 20.0. The van der Waals surface area contributed by atoms with E-state index >= 15 is 0 Å². The molecule has 0 radical (unpaired) electrons. The van der Waals surface area contributed by atoms with Crippen molar-refractivity contribution in [2.45, 2.75) is 13.0 Å². The highest BCUT2D eigenvalue weighted by molar-refractivity contribution is 6.30. The van der Waals surface area contributed by atoms with Gasteiger partial charge in [0, 0.05) is 35.5 Å². The van der Waals surface area contributed by atoms with E-state index in [0.717, 1.165) is 5.56 Å². The smallest absolute Gasteiger partial charge is 0.261 e. The molecule has 0 spiro atoms. The first-order chi connectivity index (χ1) is 14.4. The number of nitrogens with zero attached hydrogens (tertiary/aromatic N) is 4. The average molecular weight is 423 g/mol. The summed E-state index contributed by atoms with van der Waals surface area (Å²) in [5.41, 5.74) is 2.53. The number of benzene rings is 1. The number of rotatable bonds is 4. The summed E-state index contributed by atoms with van der Waals surface area (Å²) >= 11 is 6.01. The van der Waals surface area contributed by atoms with Gasteiger partial charge in [0.25, 0.3) is 5.56 Å². The van der Waals surface area contributed by atoms with Gasteiger partial charge in [0.2, 0.25) is 5.56 Å². The second-order valence-electron chi connectivity index (χ2n) is 7.11. The standard InChI is InChI=1S/C22H19ClN4O3/c1-13(11-28)27-12-24-21-17(22(27)30)9-18(14-3-6-16(23)7-4-14)25-20(21)15-5-8-19(29)26(2)10-15/h3-10,12-13,28H,11H2,1-2H3. The lowest BCUT2D eigenvalue weighted by Gasteiger charge is -2.15. The van der Waals surface area contributed by atoms with Gasteiger partial charge in [-0.05, 0) is 31.2 Å². The maximum absolute atomic E-state index is 13.2. The Kier molecular flexibility index (Phi) is 5.24. The fourth-order valence-corrected chi connectivity index (χ4v) is 3.38. The van der Waals surface area contributed by atoms with Crippen LogP contribution in [0.15, 0.2) is 64.6 Å². The Morgan fingerprint density at radius 2 is 1.80 bits per heavy atom. The largest absolute Gasteiger partial charge is 0.394 e. The SMILES string of the molecule is CC(CO)n1cnc2c(-c3ccc(=O)n(C)c3)nc(-c3ccc(Cl)cc3)cc2c1=O. The molecule has 30 heavy (non-hydrogen) atoms. The van der Waals surface area contributed by atoms with Gasteiger partial charge >= 0.3 is 0 Å². The molecule has 4 aromatic rings. The minimum absolute atomic E-state index is 0.149. The lowest BCUT2D eigenvalue weighted by molar-refractivity contribution is 0.236. The van der Waals surface area contributed by atoms with Gasteiger partial charge in [0.05, 0.1) is 35.8 Å². The minimum Gasteiger partial charge on any atom is -0.394 e. The zero-order chi connectivity index (χ0) is 21.4. The summed E-state index contributed by atoms with van der Waals surface area (Å²) < 4.78 is 2.85. The lowest BCUT2D eigenvalue weighted by Crippen LogP contribution is -2.26. The number of pyridine rings is 2. The molecular weight excluding hydrogens is 404 g/mol. The van der Waals surface area contributed by atoms with Crippen LogP contribution >= 0.6 is 11.6 Å². The van der Waals surface area contributed by atoms with E-state index in [0.29, 0.717) is 32.9 Å². The van der Waals surface area contributed by atoms with Crippen molar-refractivity contribution in [1.82, 2.24) is 19.1 Å². The van der Waals surface area contributed by atoms with E-state index in [1.807, 2.05) is 12.1 Å². The molecule has 0 aliphatic heterocycles. The Morgan fingerprint density at radius 1 is 1.10 bits per heavy atom. The number of hydrogen-bond donors (Lipinski definition) is 1. The Labute approximate surface area is 176 Å². The Morgan fingerprint density at radius 3 is 2.47 bits per heavy atom. The van der Waals surface area contributed by atoms with E-state index in [-0.39, 0.29) is 17.7 Å². The van der Waals surface area contributed by atoms with Crippen LogP contribution in [0.2, 0.25) is 5.02 Å². The van der Waals surface area contributed by atoms with E-state index in [1.165, 1.54) is 21.5 Å². The molecule has 8 heteroatoms. The number of aromatic nitrogens is 4. The summed E-state index contributed by atoms with van der Waals surface area (Å²) in [5, 5.41) is 10.5. The van der Waals surface area contributed by atoms with Gasteiger partial charge in [0.15, 0.2) is 0 Å². The van der Waals surface area contributed by atoms with E-state index in [2.05, 4.69) is 4.98 Å². The Balaban J connectivity index is 2.06. The second kappa shape index (κ2) is 7.85. The van der Waals surface area contributed by atoms with Crippen LogP contribution in [0.1, 0.15) is 13.0 Å². The van der Waals surface area contributed by atoms with Crippen molar-refractivity contribution < 1.29 is 5.11 Å². The zero-order valence-electron chi connectivity index (χ0n) is 16.4. The molecule has 3 heterocycles. The molecular formula is C22H19ClN4O3. The molecule has 0 bridgehead atoms. The monoisotopic (exact) mass is 422 g/mol. The number of aliphatic hydroxyl groups excluding tert-OH is 1. The third kappa shape index (κ3) is 3.53. The number of aryl methyl sites for hydroxylation is 1. The highest BCUT2D eigenvalue weighted by Gasteiger charge is 2.17. The van der Waals surface area contributed by atoms with Crippen molar-refractivity contribution in [3.05, 3.63) is 80.7 Å². The fourth-order valence-electron chi connectivity index (χ4n) is 3.25. The van der Waals surface area contributed by atoms with Crippen molar-refractivity contribution in [2.24, 2.45) is 7.05 Å². The van der Waals surface area contributed by atoms with Crippen molar-refractivity contribution in [3.63, 3.8) is 0 Å². The van der Waals surface area contributed by atoms with E-state index in [9.17, 15) is 14.7 Å². The van der Waals surface area contributed by atoms with Gasteiger partial charge in [-0.1, -0.05) is 23.7 Å². The van der Waals surface area contributed by atoms with Gasteiger partial charge in [-0.25, -0.2) is 9.97 Å². The Hall–Kier alpha value is -3.29. The predicted molar refractivity (Wildman–Crippen MR) is 117 cm³/mol. The first-order valence-electron chi connectivity index (χ1n) is 9.35. The normalized spacial score (nSPS) is 12.3. The van der Waals surface area contributed by atoms with Crippen LogP contribution in [0.25, 0.3) is 33.4 Å². The van der Waals surface area contributed by atoms with Crippen LogP contribution in [0, 0.1) is 0 Å². The summed E-state index contributed by atoms with van der Waals surface area (Å²) in [4.78, 5) is 34.2. The molecule has 0 saturated heterocycles. The highest BCUT2D eigenvalue weighted by atomic mass is 35.5. The van der Waals surface area contributed by atoms with Crippen molar-refractivity contribution in [1.29, 1.82) is 0 Å². The predicted octanol–water partition coefficient (Wildman–Crippen LogP) is 3.03. The molecule has 0 fully saturated rings. The number of fused-ring (bicyclic) bond motifs is 1. The topological polar surface area (TPSA) is 90.0 Å². The third-order valence-corrected chi connectivity index (χ3v) is 5.26. The van der Waals surface area contributed by atoms with E-state index in [4.69, 9.17) is 16.6 Å². The summed E-state index contributed by atoms with van der Waals surface area (Å²) in [5.74, 6) is 0. The van der Waals surface area contributed by atoms with Gasteiger partial charge < -0.3 is 9.67 Å². The van der Waals surface area contributed by atoms with E-state index in [1.54, 1.807) is 44.4 Å². The van der Waals surface area contributed by atoms with Crippen LogP contribution in [-0.2, 0) is 7.05 Å². The number of halogens is 1. The number of hydrogen-bond acceptors (Lipinski definition) is 5. The molecule has 4 rings (SSSR count). The average Bonchev–Trinajstić information content (AvgIpc) is 2.75. The lowest BCUT2D eigenvalue weighted by atomic mass is 10.1. The molecule has 1 unspecified atom stereocenters. The number of aliphatic hydroxyl groups is 1. The van der Waals surface area contributed by atoms with Crippen LogP contribution < -0.4 is 11.1 Å². The molecule has 0 amide bonds. The molecule has 3 aromatic heterocycles. The van der Waals surface area contributed by atoms with Crippen molar-refractivity contribution >= 4 is 22.5 Å². The van der Waals surface area contributed by atoms with Crippen LogP contribution in [0.4, 0.5) is 0 Å².